The molecule has 0 saturated carbocycles. The van der Waals surface area contributed by atoms with Gasteiger partial charge < -0.3 is 14.7 Å². The first kappa shape index (κ1) is 21.5. The number of piperidine rings is 1. The summed E-state index contributed by atoms with van der Waals surface area (Å²) in [6, 6.07) is 13.8. The van der Waals surface area contributed by atoms with Crippen molar-refractivity contribution < 1.29 is 19.4 Å². The number of benzene rings is 2. The first-order chi connectivity index (χ1) is 13.9. The number of ether oxygens (including phenoxy) is 1. The van der Waals surface area contributed by atoms with Crippen molar-refractivity contribution in [3.63, 3.8) is 0 Å². The summed E-state index contributed by atoms with van der Waals surface area (Å²) >= 11 is 5.85. The van der Waals surface area contributed by atoms with Crippen molar-refractivity contribution in [2.24, 2.45) is 0 Å². The van der Waals surface area contributed by atoms with E-state index in [1.165, 1.54) is 0 Å². The third-order valence-corrected chi connectivity index (χ3v) is 5.75. The van der Waals surface area contributed by atoms with Gasteiger partial charge in [0.2, 0.25) is 0 Å². The molecule has 0 atom stereocenters. The monoisotopic (exact) mass is 415 g/mol. The summed E-state index contributed by atoms with van der Waals surface area (Å²) in [5.74, 6) is 0.541. The highest BCUT2D eigenvalue weighted by molar-refractivity contribution is 6.30. The first-order valence-electron chi connectivity index (χ1n) is 9.84. The van der Waals surface area contributed by atoms with E-state index >= 15 is 0 Å². The van der Waals surface area contributed by atoms with Crippen LogP contribution in [0.15, 0.2) is 48.5 Å². The maximum absolute atomic E-state index is 12.7. The van der Waals surface area contributed by atoms with Crippen LogP contribution >= 0.6 is 11.6 Å². The Bertz CT molecular complexity index is 840. The standard InChI is InChI=1S/C23H26ClNO4/c1-29-20-10-6-18(7-11-20)22(27)23(28)12-15-25(16-13-23)14-2-3-21(26)17-4-8-19(24)9-5-17/h4-11,28H,2-3,12-16H2,1H3. The van der Waals surface area contributed by atoms with Gasteiger partial charge in [0.15, 0.2) is 11.6 Å². The van der Waals surface area contributed by atoms with Gasteiger partial charge in [-0.2, -0.15) is 0 Å². The van der Waals surface area contributed by atoms with Crippen molar-refractivity contribution in [1.82, 2.24) is 4.90 Å². The van der Waals surface area contributed by atoms with Gasteiger partial charge in [0, 0.05) is 35.7 Å². The number of methoxy groups -OCH3 is 1. The van der Waals surface area contributed by atoms with E-state index in [0.717, 1.165) is 13.0 Å². The molecule has 29 heavy (non-hydrogen) atoms. The van der Waals surface area contributed by atoms with Crippen LogP contribution < -0.4 is 4.74 Å². The maximum Gasteiger partial charge on any atom is 0.194 e. The summed E-state index contributed by atoms with van der Waals surface area (Å²) in [7, 11) is 1.57. The Labute approximate surface area is 176 Å². The highest BCUT2D eigenvalue weighted by Crippen LogP contribution is 2.27. The summed E-state index contributed by atoms with van der Waals surface area (Å²) in [5, 5.41) is 11.5. The molecule has 3 rings (SSSR count). The number of Topliss-reactive ketones (excluding diaryl/α,β-unsaturated/α-hetero) is 2. The van der Waals surface area contributed by atoms with Crippen molar-refractivity contribution in [3.05, 3.63) is 64.7 Å². The zero-order valence-electron chi connectivity index (χ0n) is 16.6. The molecule has 6 heteroatoms. The van der Waals surface area contributed by atoms with Crippen molar-refractivity contribution in [3.8, 4) is 5.75 Å². The molecule has 1 N–H and O–H groups in total. The Morgan fingerprint density at radius 1 is 1.03 bits per heavy atom. The normalized spacial score (nSPS) is 16.4. The second-order valence-corrected chi connectivity index (χ2v) is 7.90. The van der Waals surface area contributed by atoms with Gasteiger partial charge in [-0.3, -0.25) is 9.59 Å². The lowest BCUT2D eigenvalue weighted by Crippen LogP contribution is -2.49. The van der Waals surface area contributed by atoms with Crippen molar-refractivity contribution >= 4 is 23.2 Å². The van der Waals surface area contributed by atoms with Gasteiger partial charge in [0.25, 0.3) is 0 Å². The van der Waals surface area contributed by atoms with E-state index in [1.54, 1.807) is 55.6 Å². The number of likely N-dealkylation sites (tertiary alicyclic amines) is 1. The van der Waals surface area contributed by atoms with Crippen LogP contribution in [0.1, 0.15) is 46.4 Å². The Hall–Kier alpha value is -2.21. The third-order valence-electron chi connectivity index (χ3n) is 5.50. The van der Waals surface area contributed by atoms with Gasteiger partial charge in [0.05, 0.1) is 7.11 Å². The molecule has 0 unspecified atom stereocenters. The number of nitrogens with zero attached hydrogens (tertiary/aromatic N) is 1. The summed E-state index contributed by atoms with van der Waals surface area (Å²) in [4.78, 5) is 27.2. The van der Waals surface area contributed by atoms with Crippen LogP contribution in [0.5, 0.6) is 5.75 Å². The van der Waals surface area contributed by atoms with E-state index < -0.39 is 5.60 Å². The van der Waals surface area contributed by atoms with Gasteiger partial charge in [-0.25, -0.2) is 0 Å². The topological polar surface area (TPSA) is 66.8 Å². The molecule has 0 bridgehead atoms. The Morgan fingerprint density at radius 3 is 2.21 bits per heavy atom. The maximum atomic E-state index is 12.7. The average molecular weight is 416 g/mol. The van der Waals surface area contributed by atoms with Crippen molar-refractivity contribution in [2.75, 3.05) is 26.7 Å². The van der Waals surface area contributed by atoms with Crippen LogP contribution in [0.25, 0.3) is 0 Å². The van der Waals surface area contributed by atoms with Gasteiger partial charge in [-0.1, -0.05) is 11.6 Å². The van der Waals surface area contributed by atoms with Crippen LogP contribution in [0, 0.1) is 0 Å². The van der Waals surface area contributed by atoms with E-state index in [-0.39, 0.29) is 11.6 Å². The average Bonchev–Trinajstić information content (AvgIpc) is 2.75. The summed E-state index contributed by atoms with van der Waals surface area (Å²) in [6.45, 7) is 2.03. The molecule has 154 valence electrons. The minimum atomic E-state index is -1.33. The van der Waals surface area contributed by atoms with Gasteiger partial charge in [0.1, 0.15) is 11.4 Å². The summed E-state index contributed by atoms with van der Waals surface area (Å²) in [5.41, 5.74) is -0.160. The van der Waals surface area contributed by atoms with E-state index in [0.29, 0.717) is 54.3 Å². The smallest absolute Gasteiger partial charge is 0.194 e. The molecule has 1 fully saturated rings. The third kappa shape index (κ3) is 5.44. The SMILES string of the molecule is COc1ccc(C(=O)C2(O)CCN(CCCC(=O)c3ccc(Cl)cc3)CC2)cc1. The predicted molar refractivity (Wildman–Crippen MR) is 113 cm³/mol. The minimum Gasteiger partial charge on any atom is -0.497 e. The second kappa shape index (κ2) is 9.53. The molecule has 0 radical (unpaired) electrons. The lowest BCUT2D eigenvalue weighted by molar-refractivity contribution is -0.00648. The zero-order chi connectivity index (χ0) is 20.9. The number of rotatable bonds is 8. The molecule has 0 aliphatic carbocycles. The molecule has 0 amide bonds. The van der Waals surface area contributed by atoms with E-state index in [1.807, 2.05) is 0 Å². The Kier molecular flexibility index (Phi) is 7.06. The largest absolute Gasteiger partial charge is 0.497 e. The first-order valence-corrected chi connectivity index (χ1v) is 10.2. The van der Waals surface area contributed by atoms with E-state index in [9.17, 15) is 14.7 Å². The molecule has 2 aromatic rings. The fourth-order valence-electron chi connectivity index (χ4n) is 3.63. The lowest BCUT2D eigenvalue weighted by atomic mass is 9.84. The number of carbonyl (C=O) groups is 2. The summed E-state index contributed by atoms with van der Waals surface area (Å²) in [6.07, 6.45) is 1.99. The number of hydrogen-bond acceptors (Lipinski definition) is 5. The molecule has 1 aliphatic heterocycles. The van der Waals surface area contributed by atoms with Crippen molar-refractivity contribution in [1.29, 1.82) is 0 Å². The number of aliphatic hydroxyl groups is 1. The van der Waals surface area contributed by atoms with Crippen molar-refractivity contribution in [2.45, 2.75) is 31.3 Å². The Morgan fingerprint density at radius 2 is 1.62 bits per heavy atom. The lowest BCUT2D eigenvalue weighted by Gasteiger charge is -2.37. The molecule has 5 nitrogen and oxygen atoms in total. The van der Waals surface area contributed by atoms with Crippen LogP contribution in [0.2, 0.25) is 5.02 Å². The van der Waals surface area contributed by atoms with Crippen LogP contribution in [-0.2, 0) is 0 Å². The molecule has 0 aromatic heterocycles. The predicted octanol–water partition coefficient (Wildman–Crippen LogP) is 4.02. The van der Waals surface area contributed by atoms with E-state index in [2.05, 4.69) is 4.90 Å². The highest BCUT2D eigenvalue weighted by atomic mass is 35.5. The number of hydrogen-bond donors (Lipinski definition) is 1. The fraction of sp³-hybridized carbons (Fsp3) is 0.391. The molecular weight excluding hydrogens is 390 g/mol. The van der Waals surface area contributed by atoms with Gasteiger partial charge >= 0.3 is 0 Å². The number of carbonyl (C=O) groups excluding carboxylic acids is 2. The van der Waals surface area contributed by atoms with Gasteiger partial charge in [-0.05, 0) is 74.3 Å². The van der Waals surface area contributed by atoms with Crippen LogP contribution in [0.3, 0.4) is 0 Å². The molecule has 1 saturated heterocycles. The number of ketones is 2. The molecule has 2 aromatic carbocycles. The summed E-state index contributed by atoms with van der Waals surface area (Å²) < 4.78 is 5.11. The molecule has 1 heterocycles. The highest BCUT2D eigenvalue weighted by Gasteiger charge is 2.39. The van der Waals surface area contributed by atoms with Crippen LogP contribution in [0.4, 0.5) is 0 Å². The van der Waals surface area contributed by atoms with E-state index in [4.69, 9.17) is 16.3 Å². The molecule has 1 aliphatic rings. The fourth-order valence-corrected chi connectivity index (χ4v) is 3.75. The Balaban J connectivity index is 1.46. The minimum absolute atomic E-state index is 0.102. The molecule has 0 spiro atoms. The zero-order valence-corrected chi connectivity index (χ0v) is 17.3. The molecular formula is C23H26ClNO4. The number of halogens is 1. The van der Waals surface area contributed by atoms with Crippen LogP contribution in [-0.4, -0.2) is 53.9 Å². The van der Waals surface area contributed by atoms with Gasteiger partial charge in [-0.15, -0.1) is 0 Å². The quantitative estimate of drug-likeness (QED) is 0.659. The second-order valence-electron chi connectivity index (χ2n) is 7.46.